The molecule has 3 aromatic rings. The zero-order valence-electron chi connectivity index (χ0n) is 15.9. The van der Waals surface area contributed by atoms with Crippen LogP contribution in [0, 0.1) is 4.77 Å². The van der Waals surface area contributed by atoms with Crippen molar-refractivity contribution in [3.63, 3.8) is 0 Å². The van der Waals surface area contributed by atoms with Gasteiger partial charge in [0.15, 0.2) is 12.5 Å². The number of hydrogen-bond donors (Lipinski definition) is 1. The SMILES string of the molecule is COCCn1c(-c2ccc(Cl)cc2)nn(C[NH+]2CCc3ccccc3C2)c1=S. The Morgan fingerprint density at radius 3 is 2.64 bits per heavy atom. The van der Waals surface area contributed by atoms with Crippen LogP contribution < -0.4 is 4.90 Å². The van der Waals surface area contributed by atoms with Crippen LogP contribution in [0.25, 0.3) is 11.4 Å². The Bertz CT molecular complexity index is 1010. The average Bonchev–Trinajstić information content (AvgIpc) is 3.02. The molecule has 146 valence electrons. The molecular weight excluding hydrogens is 392 g/mol. The molecule has 0 saturated carbocycles. The van der Waals surface area contributed by atoms with Crippen molar-refractivity contribution in [2.75, 3.05) is 20.3 Å². The van der Waals surface area contributed by atoms with Gasteiger partial charge in [0.25, 0.3) is 0 Å². The van der Waals surface area contributed by atoms with Crippen LogP contribution in [0.4, 0.5) is 0 Å². The smallest absolute Gasteiger partial charge is 0.203 e. The number of methoxy groups -OCH3 is 1. The van der Waals surface area contributed by atoms with Crippen molar-refractivity contribution in [3.8, 4) is 11.4 Å². The van der Waals surface area contributed by atoms with E-state index < -0.39 is 0 Å². The molecule has 1 aromatic heterocycles. The lowest BCUT2D eigenvalue weighted by atomic mass is 10.0. The average molecular weight is 416 g/mol. The number of hydrogen-bond acceptors (Lipinski definition) is 3. The molecule has 0 amide bonds. The number of nitrogens with zero attached hydrogens (tertiary/aromatic N) is 3. The van der Waals surface area contributed by atoms with Gasteiger partial charge in [-0.05, 0) is 42.0 Å². The fourth-order valence-electron chi connectivity index (χ4n) is 3.73. The van der Waals surface area contributed by atoms with Gasteiger partial charge < -0.3 is 9.64 Å². The standard InChI is InChI=1S/C21H23ClN4OS/c1-27-13-12-25-20(17-6-8-19(22)9-7-17)23-26(21(25)28)15-24-11-10-16-4-2-3-5-18(16)14-24/h2-9H,10-15H2,1H3/p+1. The van der Waals surface area contributed by atoms with Gasteiger partial charge in [0, 0.05) is 29.7 Å². The Morgan fingerprint density at radius 2 is 1.89 bits per heavy atom. The third-order valence-corrected chi connectivity index (χ3v) is 5.91. The van der Waals surface area contributed by atoms with E-state index in [4.69, 9.17) is 33.7 Å². The summed E-state index contributed by atoms with van der Waals surface area (Å²) >= 11 is 11.8. The quantitative estimate of drug-likeness (QED) is 0.629. The van der Waals surface area contributed by atoms with Crippen molar-refractivity contribution >= 4 is 23.8 Å². The number of benzene rings is 2. The largest absolute Gasteiger partial charge is 0.383 e. The topological polar surface area (TPSA) is 36.4 Å². The highest BCUT2D eigenvalue weighted by Crippen LogP contribution is 2.21. The van der Waals surface area contributed by atoms with E-state index in [9.17, 15) is 0 Å². The predicted molar refractivity (Wildman–Crippen MR) is 113 cm³/mol. The summed E-state index contributed by atoms with van der Waals surface area (Å²) in [7, 11) is 1.70. The van der Waals surface area contributed by atoms with Crippen molar-refractivity contribution in [2.45, 2.75) is 26.2 Å². The van der Waals surface area contributed by atoms with E-state index >= 15 is 0 Å². The molecule has 1 atom stereocenters. The zero-order chi connectivity index (χ0) is 19.5. The Kier molecular flexibility index (Phi) is 5.92. The van der Waals surface area contributed by atoms with Gasteiger partial charge in [0.1, 0.15) is 6.54 Å². The second-order valence-electron chi connectivity index (χ2n) is 7.11. The fourth-order valence-corrected chi connectivity index (χ4v) is 4.14. The first kappa shape index (κ1) is 19.3. The van der Waals surface area contributed by atoms with Crippen LogP contribution in [0.3, 0.4) is 0 Å². The van der Waals surface area contributed by atoms with Gasteiger partial charge in [-0.25, -0.2) is 0 Å². The molecule has 1 aliphatic heterocycles. The van der Waals surface area contributed by atoms with E-state index in [1.807, 2.05) is 28.9 Å². The van der Waals surface area contributed by atoms with Gasteiger partial charge in [-0.2, -0.15) is 4.68 Å². The molecule has 0 aliphatic carbocycles. The third-order valence-electron chi connectivity index (χ3n) is 5.22. The molecule has 4 rings (SSSR count). The van der Waals surface area contributed by atoms with Crippen LogP contribution >= 0.6 is 23.8 Å². The van der Waals surface area contributed by atoms with Crippen LogP contribution in [0.2, 0.25) is 5.02 Å². The van der Waals surface area contributed by atoms with Gasteiger partial charge in [-0.15, -0.1) is 5.10 Å². The number of ether oxygens (including phenoxy) is 1. The minimum Gasteiger partial charge on any atom is -0.383 e. The van der Waals surface area contributed by atoms with Crippen LogP contribution in [-0.2, 0) is 30.9 Å². The summed E-state index contributed by atoms with van der Waals surface area (Å²) in [6, 6.07) is 16.4. The lowest BCUT2D eigenvalue weighted by Gasteiger charge is -2.25. The number of fused-ring (bicyclic) bond motifs is 1. The first-order valence-electron chi connectivity index (χ1n) is 9.48. The molecule has 0 spiro atoms. The molecule has 1 unspecified atom stereocenters. The Balaban J connectivity index is 1.62. The Labute approximate surface area is 175 Å². The highest BCUT2D eigenvalue weighted by atomic mass is 35.5. The summed E-state index contributed by atoms with van der Waals surface area (Å²) < 4.78 is 10.0. The molecule has 2 heterocycles. The highest BCUT2D eigenvalue weighted by Gasteiger charge is 2.21. The highest BCUT2D eigenvalue weighted by molar-refractivity contribution is 7.71. The summed E-state index contributed by atoms with van der Waals surface area (Å²) in [5.74, 6) is 0.857. The number of halogens is 1. The van der Waals surface area contributed by atoms with Crippen molar-refractivity contribution in [3.05, 3.63) is 69.5 Å². The second-order valence-corrected chi connectivity index (χ2v) is 7.91. The van der Waals surface area contributed by atoms with Crippen molar-refractivity contribution in [2.24, 2.45) is 0 Å². The molecule has 0 saturated heterocycles. The van der Waals surface area contributed by atoms with E-state index in [0.717, 1.165) is 42.3 Å². The summed E-state index contributed by atoms with van der Waals surface area (Å²) in [6.07, 6.45) is 1.09. The summed E-state index contributed by atoms with van der Waals surface area (Å²) in [4.78, 5) is 1.47. The van der Waals surface area contributed by atoms with Crippen LogP contribution in [-0.4, -0.2) is 34.6 Å². The normalized spacial score (nSPS) is 16.1. The van der Waals surface area contributed by atoms with Gasteiger partial charge in [-0.3, -0.25) is 4.57 Å². The molecule has 1 aliphatic rings. The number of nitrogens with one attached hydrogen (secondary N) is 1. The minimum atomic E-state index is 0.588. The van der Waals surface area contributed by atoms with Gasteiger partial charge in [-0.1, -0.05) is 35.9 Å². The monoisotopic (exact) mass is 415 g/mol. The first-order valence-corrected chi connectivity index (χ1v) is 10.3. The number of aromatic nitrogens is 3. The van der Waals surface area contributed by atoms with Gasteiger partial charge in [0.2, 0.25) is 4.77 Å². The molecule has 2 aromatic carbocycles. The Morgan fingerprint density at radius 1 is 1.14 bits per heavy atom. The maximum absolute atomic E-state index is 6.05. The third kappa shape index (κ3) is 4.05. The van der Waals surface area contributed by atoms with E-state index in [2.05, 4.69) is 28.8 Å². The number of rotatable bonds is 6. The second kappa shape index (κ2) is 8.57. The van der Waals surface area contributed by atoms with Crippen LogP contribution in [0.1, 0.15) is 11.1 Å². The maximum Gasteiger partial charge on any atom is 0.203 e. The minimum absolute atomic E-state index is 0.588. The summed E-state index contributed by atoms with van der Waals surface area (Å²) in [5.41, 5.74) is 3.89. The maximum atomic E-state index is 6.05. The van der Waals surface area contributed by atoms with Crippen LogP contribution in [0.5, 0.6) is 0 Å². The fraction of sp³-hybridized carbons (Fsp3) is 0.333. The molecular formula is C21H24ClN4OS+. The summed E-state index contributed by atoms with van der Waals surface area (Å²) in [6.45, 7) is 4.10. The summed E-state index contributed by atoms with van der Waals surface area (Å²) in [5, 5.41) is 5.58. The molecule has 0 bridgehead atoms. The molecule has 7 heteroatoms. The van der Waals surface area contributed by atoms with Crippen molar-refractivity contribution in [1.29, 1.82) is 0 Å². The lowest BCUT2D eigenvalue weighted by Crippen LogP contribution is -3.11. The van der Waals surface area contributed by atoms with Crippen molar-refractivity contribution < 1.29 is 9.64 Å². The number of quaternary nitrogens is 1. The van der Waals surface area contributed by atoms with E-state index in [0.29, 0.717) is 18.2 Å². The zero-order valence-corrected chi connectivity index (χ0v) is 17.5. The Hall–Kier alpha value is -1.99. The predicted octanol–water partition coefficient (Wildman–Crippen LogP) is 2.98. The molecule has 1 N–H and O–H groups in total. The van der Waals surface area contributed by atoms with E-state index in [1.165, 1.54) is 16.0 Å². The lowest BCUT2D eigenvalue weighted by molar-refractivity contribution is -0.939. The molecule has 0 radical (unpaired) electrons. The van der Waals surface area contributed by atoms with Crippen LogP contribution in [0.15, 0.2) is 48.5 Å². The molecule has 28 heavy (non-hydrogen) atoms. The first-order chi connectivity index (χ1) is 13.7. The van der Waals surface area contributed by atoms with E-state index in [1.54, 1.807) is 7.11 Å². The van der Waals surface area contributed by atoms with Gasteiger partial charge >= 0.3 is 0 Å². The van der Waals surface area contributed by atoms with E-state index in [-0.39, 0.29) is 0 Å². The molecule has 0 fully saturated rings. The van der Waals surface area contributed by atoms with Crippen molar-refractivity contribution in [1.82, 2.24) is 14.3 Å². The van der Waals surface area contributed by atoms with Gasteiger partial charge in [0.05, 0.1) is 19.7 Å². The molecule has 5 nitrogen and oxygen atoms in total.